The first-order valence-corrected chi connectivity index (χ1v) is 16.9. The summed E-state index contributed by atoms with van der Waals surface area (Å²) in [5.74, 6) is -15.5. The summed E-state index contributed by atoms with van der Waals surface area (Å²) in [5, 5.41) is 10.4. The van der Waals surface area contributed by atoms with Gasteiger partial charge in [0.15, 0.2) is 12.4 Å². The Bertz CT molecular complexity index is 1680. The number of aromatic nitrogens is 2. The van der Waals surface area contributed by atoms with Crippen LogP contribution in [-0.4, -0.2) is 76.8 Å². The summed E-state index contributed by atoms with van der Waals surface area (Å²) < 4.78 is 212. The molecule has 0 radical (unpaired) electrons. The number of hydrogen-bond acceptors (Lipinski definition) is 7. The van der Waals surface area contributed by atoms with E-state index in [1.54, 1.807) is 41.4 Å². The number of benzene rings is 2. The average molecular weight is 849 g/mol. The number of rotatable bonds is 23. The fraction of sp³-hybridized carbons (Fsp3) is 0.543. The van der Waals surface area contributed by atoms with Crippen LogP contribution >= 0.6 is 0 Å². The summed E-state index contributed by atoms with van der Waals surface area (Å²) in [6, 6.07) is 10.9. The Labute approximate surface area is 315 Å². The van der Waals surface area contributed by atoms with Gasteiger partial charge in [-0.3, -0.25) is 0 Å². The van der Waals surface area contributed by atoms with Crippen LogP contribution in [0.2, 0.25) is 0 Å². The Balaban J connectivity index is 1.47. The first-order valence-electron chi connectivity index (χ1n) is 16.9. The number of halogens is 15. The van der Waals surface area contributed by atoms with Gasteiger partial charge in [-0.05, 0) is 60.4 Å². The lowest BCUT2D eigenvalue weighted by atomic mass is 10.1. The predicted molar refractivity (Wildman–Crippen MR) is 170 cm³/mol. The number of aryl methyl sites for hydroxylation is 1. The zero-order valence-electron chi connectivity index (χ0n) is 29.6. The monoisotopic (exact) mass is 848 g/mol. The molecule has 0 aliphatic carbocycles. The van der Waals surface area contributed by atoms with Crippen LogP contribution in [0.3, 0.4) is 0 Å². The van der Waals surface area contributed by atoms with Crippen LogP contribution in [0.15, 0.2) is 60.9 Å². The molecule has 320 valence electrons. The molecule has 0 unspecified atom stereocenters. The smallest absolute Gasteiger partial charge is 0.460 e. The SMILES string of the molecule is CCCCCCCCc1cnc(-c2ccc(OC[C@@H](O)Cc3ccc(OCC(F)(F)OC(F)(F)C(F)(F)OC(F)(F)C(F)(F)C(F)(F)C(F)(F)F)cc3)cc2)nc1. The Kier molecular flexibility index (Phi) is 15.5. The normalized spacial score (nSPS) is 14.1. The zero-order valence-corrected chi connectivity index (χ0v) is 29.6. The third-order valence-electron chi connectivity index (χ3n) is 7.87. The summed E-state index contributed by atoms with van der Waals surface area (Å²) in [6.07, 6.45) is -25.0. The van der Waals surface area contributed by atoms with E-state index in [9.17, 15) is 71.0 Å². The van der Waals surface area contributed by atoms with Gasteiger partial charge in [0, 0.05) is 24.4 Å². The molecule has 1 aromatic heterocycles. The molecule has 1 heterocycles. The van der Waals surface area contributed by atoms with Crippen molar-refractivity contribution in [2.75, 3.05) is 13.2 Å². The molecule has 3 aromatic rings. The minimum Gasteiger partial charge on any atom is -0.491 e. The van der Waals surface area contributed by atoms with Crippen molar-refractivity contribution in [2.24, 2.45) is 0 Å². The van der Waals surface area contributed by atoms with Crippen molar-refractivity contribution in [3.05, 3.63) is 72.1 Å². The summed E-state index contributed by atoms with van der Waals surface area (Å²) in [5.41, 5.74) is 2.08. The van der Waals surface area contributed by atoms with Crippen LogP contribution in [-0.2, 0) is 22.3 Å². The molecule has 0 spiro atoms. The fourth-order valence-corrected chi connectivity index (χ4v) is 4.78. The molecule has 0 aliphatic rings. The predicted octanol–water partition coefficient (Wildman–Crippen LogP) is 10.6. The van der Waals surface area contributed by atoms with Crippen molar-refractivity contribution in [1.29, 1.82) is 0 Å². The van der Waals surface area contributed by atoms with Crippen molar-refractivity contribution in [3.8, 4) is 22.9 Å². The van der Waals surface area contributed by atoms with Gasteiger partial charge in [0.05, 0.1) is 6.10 Å². The van der Waals surface area contributed by atoms with E-state index < -0.39 is 60.9 Å². The van der Waals surface area contributed by atoms with Crippen molar-refractivity contribution in [3.63, 3.8) is 0 Å². The number of alkyl halides is 15. The van der Waals surface area contributed by atoms with E-state index in [1.165, 1.54) is 37.8 Å². The highest BCUT2D eigenvalue weighted by Crippen LogP contribution is 2.56. The number of unbranched alkanes of at least 4 members (excludes halogenated alkanes) is 5. The van der Waals surface area contributed by atoms with E-state index in [0.717, 1.165) is 37.0 Å². The van der Waals surface area contributed by atoms with Crippen LogP contribution in [0.1, 0.15) is 56.6 Å². The van der Waals surface area contributed by atoms with Crippen LogP contribution in [0.5, 0.6) is 11.5 Å². The molecule has 0 aliphatic heterocycles. The molecule has 0 saturated heterocycles. The first kappa shape index (κ1) is 47.3. The molecular weight excluding hydrogens is 813 g/mol. The Morgan fingerprint density at radius 1 is 0.579 bits per heavy atom. The van der Waals surface area contributed by atoms with Gasteiger partial charge in [-0.25, -0.2) is 19.4 Å². The van der Waals surface area contributed by atoms with Crippen molar-refractivity contribution in [1.82, 2.24) is 9.97 Å². The highest BCUT2D eigenvalue weighted by atomic mass is 19.4. The summed E-state index contributed by atoms with van der Waals surface area (Å²) in [7, 11) is 0. The molecular formula is C35H35F15N2O5. The van der Waals surface area contributed by atoms with Gasteiger partial charge in [0.25, 0.3) is 0 Å². The quantitative estimate of drug-likeness (QED) is 0.0752. The lowest BCUT2D eigenvalue weighted by molar-refractivity contribution is -0.542. The van der Waals surface area contributed by atoms with Crippen LogP contribution in [0.25, 0.3) is 11.4 Å². The lowest BCUT2D eigenvalue weighted by Crippen LogP contribution is -2.64. The Morgan fingerprint density at radius 3 is 1.65 bits per heavy atom. The second-order valence-corrected chi connectivity index (χ2v) is 12.6. The van der Waals surface area contributed by atoms with Gasteiger partial charge in [-0.1, -0.05) is 51.2 Å². The minimum atomic E-state index is -7.94. The Hall–Kier alpha value is -4.05. The average Bonchev–Trinajstić information content (AvgIpc) is 3.11. The zero-order chi connectivity index (χ0) is 42.9. The highest BCUT2D eigenvalue weighted by molar-refractivity contribution is 5.55. The standard InChI is InChI=1S/C35H35F15N2O5/c1-2-3-4-5-6-7-8-23-18-51-28(52-19-23)24-11-15-26(16-12-24)54-20-25(53)17-22-9-13-27(14-10-22)55-21-29(36,37)56-34(47,48)35(49,50)57-33(45,46)31(40,41)30(38,39)32(42,43)44/h9-16,18-19,25,53H,2-8,17,20-21H2,1H3/t25-/m0/s1. The molecule has 0 saturated carbocycles. The largest absolute Gasteiger partial charge is 0.491 e. The van der Waals surface area contributed by atoms with Crippen LogP contribution in [0.4, 0.5) is 65.9 Å². The van der Waals surface area contributed by atoms with E-state index in [2.05, 4.69) is 26.4 Å². The first-order chi connectivity index (χ1) is 26.2. The number of aliphatic hydroxyl groups is 1. The van der Waals surface area contributed by atoms with Gasteiger partial charge >= 0.3 is 42.5 Å². The van der Waals surface area contributed by atoms with Crippen LogP contribution < -0.4 is 9.47 Å². The van der Waals surface area contributed by atoms with Gasteiger partial charge < -0.3 is 14.6 Å². The molecule has 0 amide bonds. The number of ether oxygens (including phenoxy) is 4. The molecule has 2 aromatic carbocycles. The molecule has 1 atom stereocenters. The molecule has 7 nitrogen and oxygen atoms in total. The summed E-state index contributed by atoms with van der Waals surface area (Å²) in [4.78, 5) is 8.83. The van der Waals surface area contributed by atoms with Crippen molar-refractivity contribution < 1.29 is 89.9 Å². The maximum atomic E-state index is 13.9. The second kappa shape index (κ2) is 18.7. The van der Waals surface area contributed by atoms with Gasteiger partial charge in [-0.2, -0.15) is 65.9 Å². The van der Waals surface area contributed by atoms with Crippen molar-refractivity contribution in [2.45, 2.75) is 107 Å². The van der Waals surface area contributed by atoms with Crippen LogP contribution in [0, 0.1) is 0 Å². The molecule has 0 fully saturated rings. The van der Waals surface area contributed by atoms with E-state index >= 15 is 0 Å². The molecule has 22 heteroatoms. The van der Waals surface area contributed by atoms with Gasteiger partial charge in [-0.15, -0.1) is 0 Å². The Morgan fingerprint density at radius 2 is 1.09 bits per heavy atom. The van der Waals surface area contributed by atoms with E-state index in [4.69, 9.17) is 4.74 Å². The molecule has 57 heavy (non-hydrogen) atoms. The van der Waals surface area contributed by atoms with E-state index in [-0.39, 0.29) is 13.0 Å². The third kappa shape index (κ3) is 12.7. The van der Waals surface area contributed by atoms with E-state index in [1.807, 2.05) is 0 Å². The van der Waals surface area contributed by atoms with Crippen molar-refractivity contribution >= 4 is 0 Å². The fourth-order valence-electron chi connectivity index (χ4n) is 4.78. The lowest BCUT2D eigenvalue weighted by Gasteiger charge is -2.36. The van der Waals surface area contributed by atoms with E-state index in [0.29, 0.717) is 22.7 Å². The third-order valence-corrected chi connectivity index (χ3v) is 7.87. The van der Waals surface area contributed by atoms with Gasteiger partial charge in [0.1, 0.15) is 18.1 Å². The molecule has 1 N–H and O–H groups in total. The molecule has 0 bridgehead atoms. The second-order valence-electron chi connectivity index (χ2n) is 12.6. The topological polar surface area (TPSA) is 82.9 Å². The highest BCUT2D eigenvalue weighted by Gasteiger charge is 2.85. The number of nitrogens with zero attached hydrogens (tertiary/aromatic N) is 2. The minimum absolute atomic E-state index is 0.0869. The number of hydrogen-bond donors (Lipinski definition) is 1. The summed E-state index contributed by atoms with van der Waals surface area (Å²) in [6.45, 7) is -0.445. The number of aliphatic hydroxyl groups excluding tert-OH is 1. The van der Waals surface area contributed by atoms with Gasteiger partial charge in [0.2, 0.25) is 0 Å². The summed E-state index contributed by atoms with van der Waals surface area (Å²) >= 11 is 0. The molecule has 3 rings (SSSR count). The maximum Gasteiger partial charge on any atom is 0.460 e. The maximum absolute atomic E-state index is 13.9.